The lowest BCUT2D eigenvalue weighted by Gasteiger charge is -1.83. The molecule has 0 saturated heterocycles. The molecule has 0 heterocycles. The second-order valence-electron chi connectivity index (χ2n) is 12.5. The Morgan fingerprint density at radius 1 is 0.552 bits per heavy atom. The predicted molar refractivity (Wildman–Crippen MR) is 128 cm³/mol. The molecule has 0 aromatic heterocycles. The summed E-state index contributed by atoms with van der Waals surface area (Å²) in [6.07, 6.45) is 27.3. The van der Waals surface area contributed by atoms with Crippen LogP contribution in [-0.4, -0.2) is 0 Å². The highest BCUT2D eigenvalue weighted by Crippen LogP contribution is 2.85. The van der Waals surface area contributed by atoms with E-state index < -0.39 is 0 Å². The van der Waals surface area contributed by atoms with Gasteiger partial charge in [0.1, 0.15) is 0 Å². The Morgan fingerprint density at radius 2 is 0.690 bits per heavy atom. The zero-order valence-corrected chi connectivity index (χ0v) is 20.7. The summed E-state index contributed by atoms with van der Waals surface area (Å²) in [5.41, 5.74) is 2.62. The molecule has 0 atom stereocenters. The van der Waals surface area contributed by atoms with Crippen molar-refractivity contribution in [2.75, 3.05) is 0 Å². The lowest BCUT2D eigenvalue weighted by molar-refractivity contribution is 0.685. The quantitative estimate of drug-likeness (QED) is 0.415. The standard InChI is InChI=1S/C6H10.C5H8.C4H6.4C3H6.HNS/c1-5-3-6(5,2)4-5;1-5-2-4(5)3-5;1-3-2-4(1)3;4*1-2-3-1;1-2/h3-4H2,1-2H3;4H,2-3H2,1H3;3-4H,1-2H2;4*1-3H2;1H. The molecule has 10 rings (SSSR count). The van der Waals surface area contributed by atoms with Gasteiger partial charge >= 0.3 is 0 Å². The fourth-order valence-corrected chi connectivity index (χ4v) is 3.08. The van der Waals surface area contributed by atoms with Crippen LogP contribution in [0.3, 0.4) is 0 Å². The summed E-state index contributed by atoms with van der Waals surface area (Å²) in [5, 5.41) is 0. The fraction of sp³-hybridized carbons (Fsp3) is 1.00. The van der Waals surface area contributed by atoms with Crippen molar-refractivity contribution >= 4 is 12.4 Å². The van der Waals surface area contributed by atoms with Gasteiger partial charge in [-0.05, 0) is 72.5 Å². The van der Waals surface area contributed by atoms with Crippen molar-refractivity contribution in [3.8, 4) is 0 Å². The van der Waals surface area contributed by atoms with Crippen LogP contribution < -0.4 is 0 Å². The fourth-order valence-electron chi connectivity index (χ4n) is 3.08. The molecular weight excluding hydrogens is 370 g/mol. The lowest BCUT2D eigenvalue weighted by Crippen LogP contribution is -1.70. The highest BCUT2D eigenvalue weighted by molar-refractivity contribution is 7.45. The lowest BCUT2D eigenvalue weighted by atomic mass is 10.2. The van der Waals surface area contributed by atoms with Crippen molar-refractivity contribution in [2.45, 2.75) is 136 Å². The molecule has 10 aliphatic carbocycles. The average molecular weight is 420 g/mol. The average Bonchev–Trinajstić information content (AvgIpc) is 3.46. The maximum absolute atomic E-state index is 5.33. The molecule has 10 saturated carbocycles. The Hall–Kier alpha value is 0.0200. The Balaban J connectivity index is 0.0000000971. The van der Waals surface area contributed by atoms with Crippen molar-refractivity contribution in [1.29, 1.82) is 4.78 Å². The molecule has 0 aliphatic heterocycles. The summed E-state index contributed by atoms with van der Waals surface area (Å²) in [6, 6.07) is 0. The third-order valence-electron chi connectivity index (χ3n) is 7.74. The third-order valence-corrected chi connectivity index (χ3v) is 7.74. The summed E-state index contributed by atoms with van der Waals surface area (Å²) < 4.78 is 5.33. The van der Waals surface area contributed by atoms with Gasteiger partial charge < -0.3 is 0 Å². The maximum Gasteiger partial charge on any atom is 0.0324 e. The summed E-state index contributed by atoms with van der Waals surface area (Å²) in [7, 11) is 0. The molecule has 10 aliphatic rings. The molecule has 0 amide bonds. The highest BCUT2D eigenvalue weighted by Gasteiger charge is 2.76. The van der Waals surface area contributed by atoms with Gasteiger partial charge in [0.2, 0.25) is 0 Å². The van der Waals surface area contributed by atoms with Gasteiger partial charge in [-0.3, -0.25) is 0 Å². The van der Waals surface area contributed by atoms with Gasteiger partial charge in [-0.2, -0.15) is 0 Å². The van der Waals surface area contributed by atoms with Crippen molar-refractivity contribution in [2.24, 2.45) is 34.0 Å². The maximum atomic E-state index is 5.33. The first-order chi connectivity index (χ1) is 13.9. The van der Waals surface area contributed by atoms with E-state index in [1.165, 1.54) is 108 Å². The van der Waals surface area contributed by atoms with E-state index in [1.54, 1.807) is 25.7 Å². The van der Waals surface area contributed by atoms with Crippen LogP contribution in [0.5, 0.6) is 0 Å². The first kappa shape index (κ1) is 23.7. The number of hydrogen-bond acceptors (Lipinski definition) is 2. The molecule has 0 bridgehead atoms. The Kier molecular flexibility index (Phi) is 8.24. The SMILES string of the molecule is C1C2CC12.C1CC1.C1CC1.C1CC1.C1CC1.CC12CC1(C)C2.CC12CC1C2.N=S. The van der Waals surface area contributed by atoms with Crippen LogP contribution in [0, 0.1) is 38.8 Å². The zero-order chi connectivity index (χ0) is 21.0. The number of fused-ring (bicyclic) bond motifs is 3. The monoisotopic (exact) mass is 419 g/mol. The van der Waals surface area contributed by atoms with E-state index in [-0.39, 0.29) is 0 Å². The van der Waals surface area contributed by atoms with Crippen molar-refractivity contribution < 1.29 is 0 Å². The molecule has 1 N–H and O–H groups in total. The van der Waals surface area contributed by atoms with E-state index in [2.05, 4.69) is 33.2 Å². The summed E-state index contributed by atoms with van der Waals surface area (Å²) in [5.74, 6) is 3.70. The topological polar surface area (TPSA) is 23.9 Å². The molecule has 10 fully saturated rings. The number of rotatable bonds is 0. The van der Waals surface area contributed by atoms with Crippen LogP contribution in [-0.2, 0) is 12.4 Å². The Bertz CT molecular complexity index is 436. The van der Waals surface area contributed by atoms with Gasteiger partial charge in [0.05, 0.1) is 0 Å². The molecule has 0 aromatic carbocycles. The van der Waals surface area contributed by atoms with Crippen molar-refractivity contribution in [1.82, 2.24) is 0 Å². The van der Waals surface area contributed by atoms with Crippen LogP contribution in [0.4, 0.5) is 0 Å². The van der Waals surface area contributed by atoms with E-state index in [0.29, 0.717) is 0 Å². The molecule has 0 aromatic rings. The minimum atomic E-state index is 0.854. The predicted octanol–water partition coefficient (Wildman–Crippen LogP) is 9.23. The van der Waals surface area contributed by atoms with E-state index in [4.69, 9.17) is 4.78 Å². The largest absolute Gasteiger partial charge is 0.235 e. The van der Waals surface area contributed by atoms with E-state index in [1.807, 2.05) is 0 Å². The van der Waals surface area contributed by atoms with Crippen LogP contribution >= 0.6 is 0 Å². The van der Waals surface area contributed by atoms with Gasteiger partial charge in [0.15, 0.2) is 0 Å². The highest BCUT2D eigenvalue weighted by atomic mass is 32.1. The van der Waals surface area contributed by atoms with Gasteiger partial charge in [0, 0.05) is 12.4 Å². The van der Waals surface area contributed by atoms with Crippen LogP contribution in [0.1, 0.15) is 136 Å². The molecule has 0 spiro atoms. The van der Waals surface area contributed by atoms with E-state index in [9.17, 15) is 0 Å². The molecule has 29 heavy (non-hydrogen) atoms. The molecule has 1 nitrogen and oxygen atoms in total. The molecule has 0 unspecified atom stereocenters. The summed E-state index contributed by atoms with van der Waals surface area (Å²) in [4.78, 5) is 0. The zero-order valence-electron chi connectivity index (χ0n) is 19.9. The first-order valence-corrected chi connectivity index (χ1v) is 13.6. The van der Waals surface area contributed by atoms with Gasteiger partial charge in [-0.1, -0.05) is 97.8 Å². The summed E-state index contributed by atoms with van der Waals surface area (Å²) in [6.45, 7) is 7.14. The van der Waals surface area contributed by atoms with Gasteiger partial charge in [-0.15, -0.1) is 0 Å². The van der Waals surface area contributed by atoms with Gasteiger partial charge in [0.25, 0.3) is 0 Å². The Morgan fingerprint density at radius 3 is 0.690 bits per heavy atom. The van der Waals surface area contributed by atoms with Crippen LogP contribution in [0.2, 0.25) is 0 Å². The van der Waals surface area contributed by atoms with Crippen LogP contribution in [0.15, 0.2) is 0 Å². The van der Waals surface area contributed by atoms with E-state index >= 15 is 0 Å². The third kappa shape index (κ3) is 11.3. The number of nitrogens with one attached hydrogen (secondary N) is 1. The molecule has 2 heteroatoms. The second kappa shape index (κ2) is 10.1. The van der Waals surface area contributed by atoms with Crippen molar-refractivity contribution in [3.63, 3.8) is 0 Å². The molecular formula is C27H49NS. The Labute approximate surface area is 187 Å². The minimum Gasteiger partial charge on any atom is -0.235 e. The normalized spacial score (nSPS) is 46.4. The van der Waals surface area contributed by atoms with E-state index in [0.717, 1.165) is 16.2 Å². The second-order valence-corrected chi connectivity index (χ2v) is 12.5. The van der Waals surface area contributed by atoms with Gasteiger partial charge in [-0.25, -0.2) is 4.78 Å². The summed E-state index contributed by atoms with van der Waals surface area (Å²) >= 11 is 3.33. The smallest absolute Gasteiger partial charge is 0.0324 e. The minimum absolute atomic E-state index is 0.854. The van der Waals surface area contributed by atoms with Crippen molar-refractivity contribution in [3.05, 3.63) is 0 Å². The molecule has 0 radical (unpaired) electrons. The number of hydrogen-bond donors (Lipinski definition) is 1. The van der Waals surface area contributed by atoms with Crippen LogP contribution in [0.25, 0.3) is 0 Å². The first-order valence-electron chi connectivity index (χ1n) is 13.1. The molecule has 168 valence electrons.